The Kier molecular flexibility index (Phi) is 6.12. The lowest BCUT2D eigenvalue weighted by Gasteiger charge is -2.15. The van der Waals surface area contributed by atoms with Gasteiger partial charge in [0.15, 0.2) is 0 Å². The lowest BCUT2D eigenvalue weighted by molar-refractivity contribution is -0.137. The predicted molar refractivity (Wildman–Crippen MR) is 102 cm³/mol. The van der Waals surface area contributed by atoms with Gasteiger partial charge in [0.05, 0.1) is 12.0 Å². The number of aliphatic carboxylic acids is 1. The minimum absolute atomic E-state index is 0.106. The average Bonchev–Trinajstić information content (AvgIpc) is 3.45. The molecule has 1 saturated carbocycles. The molecule has 1 amide bonds. The molecular weight excluding hydrogens is 342 g/mol. The zero-order valence-corrected chi connectivity index (χ0v) is 15.3. The van der Waals surface area contributed by atoms with E-state index in [1.807, 2.05) is 42.5 Å². The van der Waals surface area contributed by atoms with Crippen LogP contribution in [0.4, 0.5) is 0 Å². The SMILES string of the molecule is O=C(O)CCCOc1ccc(CNC(=O)C2(Cc3ccccc3)CC2)cc1. The number of hydrogen-bond acceptors (Lipinski definition) is 3. The van der Waals surface area contributed by atoms with Crippen molar-refractivity contribution < 1.29 is 19.4 Å². The van der Waals surface area contributed by atoms with Crippen molar-refractivity contribution in [3.05, 3.63) is 65.7 Å². The maximum atomic E-state index is 12.6. The van der Waals surface area contributed by atoms with Crippen LogP contribution in [0.3, 0.4) is 0 Å². The predicted octanol–water partition coefficient (Wildman–Crippen LogP) is 3.57. The van der Waals surface area contributed by atoms with Gasteiger partial charge in [0, 0.05) is 13.0 Å². The van der Waals surface area contributed by atoms with Gasteiger partial charge in [0.25, 0.3) is 0 Å². The van der Waals surface area contributed by atoms with Crippen LogP contribution in [-0.2, 0) is 22.6 Å². The highest BCUT2D eigenvalue weighted by molar-refractivity contribution is 5.85. The Morgan fingerprint density at radius 1 is 1.00 bits per heavy atom. The third-order valence-corrected chi connectivity index (χ3v) is 4.90. The molecule has 0 atom stereocenters. The highest BCUT2D eigenvalue weighted by atomic mass is 16.5. The van der Waals surface area contributed by atoms with Crippen LogP contribution in [0.25, 0.3) is 0 Å². The lowest BCUT2D eigenvalue weighted by Crippen LogP contribution is -2.32. The Morgan fingerprint density at radius 2 is 1.70 bits per heavy atom. The lowest BCUT2D eigenvalue weighted by atomic mass is 9.95. The molecule has 142 valence electrons. The van der Waals surface area contributed by atoms with E-state index >= 15 is 0 Å². The second-order valence-electron chi connectivity index (χ2n) is 7.12. The maximum Gasteiger partial charge on any atom is 0.303 e. The minimum atomic E-state index is -0.814. The van der Waals surface area contributed by atoms with E-state index in [4.69, 9.17) is 9.84 Å². The van der Waals surface area contributed by atoms with Crippen LogP contribution in [0, 0.1) is 5.41 Å². The third-order valence-electron chi connectivity index (χ3n) is 4.90. The van der Waals surface area contributed by atoms with Crippen LogP contribution in [0.1, 0.15) is 36.8 Å². The number of nitrogens with one attached hydrogen (secondary N) is 1. The Hall–Kier alpha value is -2.82. The van der Waals surface area contributed by atoms with Crippen molar-refractivity contribution >= 4 is 11.9 Å². The fourth-order valence-corrected chi connectivity index (χ4v) is 3.11. The Labute approximate surface area is 159 Å². The van der Waals surface area contributed by atoms with Crippen molar-refractivity contribution in [3.8, 4) is 5.75 Å². The van der Waals surface area contributed by atoms with E-state index in [1.54, 1.807) is 0 Å². The first kappa shape index (κ1) is 19.0. The zero-order valence-electron chi connectivity index (χ0n) is 15.3. The summed E-state index contributed by atoms with van der Waals surface area (Å²) in [5, 5.41) is 11.7. The molecule has 2 N–H and O–H groups in total. The number of carbonyl (C=O) groups excluding carboxylic acids is 1. The topological polar surface area (TPSA) is 75.6 Å². The van der Waals surface area contributed by atoms with Gasteiger partial charge >= 0.3 is 5.97 Å². The van der Waals surface area contributed by atoms with Crippen LogP contribution in [0.5, 0.6) is 5.75 Å². The van der Waals surface area contributed by atoms with E-state index in [0.29, 0.717) is 25.3 Å². The maximum absolute atomic E-state index is 12.6. The van der Waals surface area contributed by atoms with Crippen molar-refractivity contribution in [1.29, 1.82) is 0 Å². The summed E-state index contributed by atoms with van der Waals surface area (Å²) in [6.45, 7) is 0.874. The van der Waals surface area contributed by atoms with E-state index in [9.17, 15) is 9.59 Å². The van der Waals surface area contributed by atoms with Crippen LogP contribution in [-0.4, -0.2) is 23.6 Å². The van der Waals surface area contributed by atoms with Gasteiger partial charge in [-0.05, 0) is 48.9 Å². The number of benzene rings is 2. The van der Waals surface area contributed by atoms with Gasteiger partial charge in [0.2, 0.25) is 5.91 Å². The van der Waals surface area contributed by atoms with E-state index in [0.717, 1.165) is 24.8 Å². The standard InChI is InChI=1S/C22H25NO4/c24-20(25)7-4-14-27-19-10-8-18(9-11-19)16-23-21(26)22(12-13-22)15-17-5-2-1-3-6-17/h1-3,5-6,8-11H,4,7,12-16H2,(H,23,26)(H,24,25). The highest BCUT2D eigenvalue weighted by Gasteiger charge is 2.49. The molecule has 1 fully saturated rings. The van der Waals surface area contributed by atoms with Crippen LogP contribution >= 0.6 is 0 Å². The van der Waals surface area contributed by atoms with Gasteiger partial charge in [-0.2, -0.15) is 0 Å². The summed E-state index contributed by atoms with van der Waals surface area (Å²) in [6, 6.07) is 17.7. The van der Waals surface area contributed by atoms with Crippen molar-refractivity contribution in [2.75, 3.05) is 6.61 Å². The fourth-order valence-electron chi connectivity index (χ4n) is 3.11. The second-order valence-corrected chi connectivity index (χ2v) is 7.12. The van der Waals surface area contributed by atoms with Crippen molar-refractivity contribution in [2.45, 2.75) is 38.6 Å². The molecule has 2 aromatic rings. The summed E-state index contributed by atoms with van der Waals surface area (Å²) >= 11 is 0. The summed E-state index contributed by atoms with van der Waals surface area (Å²) in [6.07, 6.45) is 3.27. The number of carboxylic acid groups (broad SMARTS) is 1. The number of carboxylic acids is 1. The molecule has 3 rings (SSSR count). The molecule has 0 radical (unpaired) electrons. The van der Waals surface area contributed by atoms with Gasteiger partial charge in [-0.25, -0.2) is 0 Å². The average molecular weight is 367 g/mol. The molecule has 0 aromatic heterocycles. The number of rotatable bonds is 10. The van der Waals surface area contributed by atoms with Crippen LogP contribution < -0.4 is 10.1 Å². The summed E-state index contributed by atoms with van der Waals surface area (Å²) in [5.41, 5.74) is 1.97. The van der Waals surface area contributed by atoms with Crippen molar-refractivity contribution in [3.63, 3.8) is 0 Å². The first-order valence-electron chi connectivity index (χ1n) is 9.33. The molecule has 5 heteroatoms. The van der Waals surface area contributed by atoms with E-state index < -0.39 is 5.97 Å². The highest BCUT2D eigenvalue weighted by Crippen LogP contribution is 2.48. The summed E-state index contributed by atoms with van der Waals surface area (Å²) in [4.78, 5) is 23.1. The third kappa shape index (κ3) is 5.58. The van der Waals surface area contributed by atoms with E-state index in [1.165, 1.54) is 5.56 Å². The molecule has 0 saturated heterocycles. The molecule has 0 heterocycles. The summed E-state index contributed by atoms with van der Waals surface area (Å²) in [7, 11) is 0. The molecule has 0 unspecified atom stereocenters. The molecule has 0 spiro atoms. The Morgan fingerprint density at radius 3 is 2.33 bits per heavy atom. The van der Waals surface area contributed by atoms with Crippen molar-refractivity contribution in [1.82, 2.24) is 5.32 Å². The van der Waals surface area contributed by atoms with Gasteiger partial charge in [-0.3, -0.25) is 9.59 Å². The first-order chi connectivity index (χ1) is 13.1. The number of amides is 1. The Bertz CT molecular complexity index is 767. The van der Waals surface area contributed by atoms with Gasteiger partial charge in [0.1, 0.15) is 5.75 Å². The molecule has 5 nitrogen and oxygen atoms in total. The Balaban J connectivity index is 1.44. The van der Waals surface area contributed by atoms with Crippen LogP contribution in [0.15, 0.2) is 54.6 Å². The van der Waals surface area contributed by atoms with Gasteiger partial charge in [-0.1, -0.05) is 42.5 Å². The van der Waals surface area contributed by atoms with Gasteiger partial charge < -0.3 is 15.2 Å². The molecule has 1 aliphatic carbocycles. The van der Waals surface area contributed by atoms with E-state index in [-0.39, 0.29) is 17.7 Å². The van der Waals surface area contributed by atoms with Gasteiger partial charge in [-0.15, -0.1) is 0 Å². The molecule has 0 bridgehead atoms. The quantitative estimate of drug-likeness (QED) is 0.630. The van der Waals surface area contributed by atoms with Crippen molar-refractivity contribution in [2.24, 2.45) is 5.41 Å². The minimum Gasteiger partial charge on any atom is -0.494 e. The second kappa shape index (κ2) is 8.71. The molecule has 2 aromatic carbocycles. The monoisotopic (exact) mass is 367 g/mol. The normalized spacial score (nSPS) is 14.4. The summed E-state index contributed by atoms with van der Waals surface area (Å²) < 4.78 is 5.52. The fraction of sp³-hybridized carbons (Fsp3) is 0.364. The zero-order chi connectivity index (χ0) is 19.1. The first-order valence-corrected chi connectivity index (χ1v) is 9.33. The molecule has 1 aliphatic rings. The number of hydrogen-bond donors (Lipinski definition) is 2. The summed E-state index contributed by atoms with van der Waals surface area (Å²) in [5.74, 6) is 0.0175. The molecule has 0 aliphatic heterocycles. The largest absolute Gasteiger partial charge is 0.494 e. The van der Waals surface area contributed by atoms with E-state index in [2.05, 4.69) is 17.4 Å². The number of carbonyl (C=O) groups is 2. The molecular formula is C22H25NO4. The smallest absolute Gasteiger partial charge is 0.303 e. The molecule has 27 heavy (non-hydrogen) atoms. The number of ether oxygens (including phenoxy) is 1. The van der Waals surface area contributed by atoms with Crippen LogP contribution in [0.2, 0.25) is 0 Å².